The molecule has 0 bridgehead atoms. The zero-order valence-corrected chi connectivity index (χ0v) is 14.5. The van der Waals surface area contributed by atoms with Crippen molar-refractivity contribution in [2.45, 2.75) is 13.8 Å². The van der Waals surface area contributed by atoms with Crippen molar-refractivity contribution in [3.63, 3.8) is 0 Å². The zero-order chi connectivity index (χ0) is 15.5. The Kier molecular flexibility index (Phi) is 4.54. The van der Waals surface area contributed by atoms with E-state index in [0.717, 1.165) is 20.9 Å². The van der Waals surface area contributed by atoms with Crippen LogP contribution in [-0.2, 0) is 0 Å². The molecule has 1 aromatic carbocycles. The SMILES string of the molecule is CC(C)COc1ccc(-c2nc(-c3nc(Br)cs3)no2)cc1. The van der Waals surface area contributed by atoms with Crippen LogP contribution in [0.2, 0.25) is 0 Å². The lowest BCUT2D eigenvalue weighted by atomic mass is 10.2. The van der Waals surface area contributed by atoms with Gasteiger partial charge in [-0.2, -0.15) is 4.98 Å². The van der Waals surface area contributed by atoms with Crippen molar-refractivity contribution in [2.75, 3.05) is 6.61 Å². The van der Waals surface area contributed by atoms with Crippen LogP contribution >= 0.6 is 27.3 Å². The van der Waals surface area contributed by atoms with E-state index in [9.17, 15) is 0 Å². The lowest BCUT2D eigenvalue weighted by Gasteiger charge is -2.08. The van der Waals surface area contributed by atoms with Gasteiger partial charge in [-0.15, -0.1) is 11.3 Å². The summed E-state index contributed by atoms with van der Waals surface area (Å²) < 4.78 is 11.7. The Morgan fingerprint density at radius 2 is 2.00 bits per heavy atom. The van der Waals surface area contributed by atoms with Gasteiger partial charge in [0.1, 0.15) is 10.4 Å². The minimum absolute atomic E-state index is 0.469. The number of hydrogen-bond acceptors (Lipinski definition) is 6. The second kappa shape index (κ2) is 6.58. The molecule has 5 nitrogen and oxygen atoms in total. The fraction of sp³-hybridized carbons (Fsp3) is 0.267. The summed E-state index contributed by atoms with van der Waals surface area (Å²) in [5.41, 5.74) is 0.853. The van der Waals surface area contributed by atoms with Gasteiger partial charge in [0, 0.05) is 10.9 Å². The highest BCUT2D eigenvalue weighted by molar-refractivity contribution is 9.10. The van der Waals surface area contributed by atoms with E-state index in [-0.39, 0.29) is 0 Å². The molecule has 0 saturated heterocycles. The normalized spacial score (nSPS) is 11.1. The predicted molar refractivity (Wildman–Crippen MR) is 88.9 cm³/mol. The molecule has 3 aromatic rings. The van der Waals surface area contributed by atoms with Crippen molar-refractivity contribution < 1.29 is 9.26 Å². The maximum Gasteiger partial charge on any atom is 0.258 e. The highest BCUT2D eigenvalue weighted by Crippen LogP contribution is 2.27. The Morgan fingerprint density at radius 1 is 1.23 bits per heavy atom. The van der Waals surface area contributed by atoms with Gasteiger partial charge in [-0.1, -0.05) is 19.0 Å². The van der Waals surface area contributed by atoms with Gasteiger partial charge in [0.15, 0.2) is 5.01 Å². The van der Waals surface area contributed by atoms with E-state index in [0.29, 0.717) is 24.2 Å². The molecule has 0 aliphatic rings. The topological polar surface area (TPSA) is 61.0 Å². The first kappa shape index (κ1) is 15.2. The molecule has 0 saturated carbocycles. The monoisotopic (exact) mass is 379 g/mol. The standard InChI is InChI=1S/C15H14BrN3O2S/c1-9(2)7-20-11-5-3-10(4-6-11)14-18-13(19-21-14)15-17-12(16)8-22-15/h3-6,8-9H,7H2,1-2H3. The van der Waals surface area contributed by atoms with Crippen molar-refractivity contribution in [1.29, 1.82) is 0 Å². The fourth-order valence-corrected chi connectivity index (χ4v) is 2.92. The summed E-state index contributed by atoms with van der Waals surface area (Å²) in [5, 5.41) is 6.57. The van der Waals surface area contributed by atoms with Gasteiger partial charge in [0.2, 0.25) is 5.82 Å². The summed E-state index contributed by atoms with van der Waals surface area (Å²) in [6.07, 6.45) is 0. The van der Waals surface area contributed by atoms with E-state index in [2.05, 4.69) is 44.9 Å². The van der Waals surface area contributed by atoms with Gasteiger partial charge < -0.3 is 9.26 Å². The zero-order valence-electron chi connectivity index (χ0n) is 12.1. The minimum Gasteiger partial charge on any atom is -0.493 e. The molecule has 2 aromatic heterocycles. The van der Waals surface area contributed by atoms with Crippen LogP contribution in [0.25, 0.3) is 22.3 Å². The molecule has 0 aliphatic carbocycles. The molecule has 0 radical (unpaired) electrons. The number of thiazole rings is 1. The molecular weight excluding hydrogens is 366 g/mol. The summed E-state index contributed by atoms with van der Waals surface area (Å²) in [6, 6.07) is 7.62. The van der Waals surface area contributed by atoms with Crippen molar-refractivity contribution in [1.82, 2.24) is 15.1 Å². The van der Waals surface area contributed by atoms with Crippen LogP contribution in [0.15, 0.2) is 38.8 Å². The maximum absolute atomic E-state index is 5.66. The van der Waals surface area contributed by atoms with Crippen molar-refractivity contribution >= 4 is 27.3 Å². The second-order valence-corrected chi connectivity index (χ2v) is 6.80. The molecule has 0 amide bonds. The quantitative estimate of drug-likeness (QED) is 0.645. The number of halogens is 1. The average molecular weight is 380 g/mol. The number of hydrogen-bond donors (Lipinski definition) is 0. The summed E-state index contributed by atoms with van der Waals surface area (Å²) >= 11 is 4.77. The Balaban J connectivity index is 1.76. The third-order valence-corrected chi connectivity index (χ3v) is 4.33. The van der Waals surface area contributed by atoms with Gasteiger partial charge in [-0.3, -0.25) is 0 Å². The van der Waals surface area contributed by atoms with Crippen LogP contribution in [0.3, 0.4) is 0 Å². The van der Waals surface area contributed by atoms with E-state index in [1.807, 2.05) is 29.6 Å². The predicted octanol–water partition coefficient (Wildman–Crippen LogP) is 4.66. The van der Waals surface area contributed by atoms with Crippen LogP contribution in [0, 0.1) is 5.92 Å². The number of benzene rings is 1. The van der Waals surface area contributed by atoms with Gasteiger partial charge >= 0.3 is 0 Å². The third kappa shape index (κ3) is 3.53. The average Bonchev–Trinajstić information content (AvgIpc) is 3.14. The summed E-state index contributed by atoms with van der Waals surface area (Å²) in [4.78, 5) is 8.65. The smallest absolute Gasteiger partial charge is 0.258 e. The first-order valence-electron chi connectivity index (χ1n) is 6.80. The van der Waals surface area contributed by atoms with Crippen molar-refractivity contribution in [2.24, 2.45) is 5.92 Å². The fourth-order valence-electron chi connectivity index (χ4n) is 1.74. The molecule has 3 rings (SSSR count). The van der Waals surface area contributed by atoms with Crippen LogP contribution in [0.5, 0.6) is 5.75 Å². The van der Waals surface area contributed by atoms with Gasteiger partial charge in [0.25, 0.3) is 5.89 Å². The summed E-state index contributed by atoms with van der Waals surface area (Å²) in [5.74, 6) is 2.29. The molecule has 0 N–H and O–H groups in total. The van der Waals surface area contributed by atoms with Crippen LogP contribution < -0.4 is 4.74 Å². The first-order chi connectivity index (χ1) is 10.6. The number of aromatic nitrogens is 3. The van der Waals surface area contributed by atoms with Crippen molar-refractivity contribution in [3.05, 3.63) is 34.2 Å². The molecule has 0 fully saturated rings. The van der Waals surface area contributed by atoms with E-state index >= 15 is 0 Å². The largest absolute Gasteiger partial charge is 0.493 e. The summed E-state index contributed by atoms with van der Waals surface area (Å²) in [6.45, 7) is 4.93. The Hall–Kier alpha value is -1.73. The molecule has 114 valence electrons. The Labute approximate surface area is 140 Å². The lowest BCUT2D eigenvalue weighted by Crippen LogP contribution is -2.04. The number of ether oxygens (including phenoxy) is 1. The van der Waals surface area contributed by atoms with E-state index in [1.54, 1.807) is 0 Å². The summed E-state index contributed by atoms with van der Waals surface area (Å²) in [7, 11) is 0. The minimum atomic E-state index is 0.469. The first-order valence-corrected chi connectivity index (χ1v) is 8.47. The van der Waals surface area contributed by atoms with E-state index < -0.39 is 0 Å². The van der Waals surface area contributed by atoms with Crippen LogP contribution in [-0.4, -0.2) is 21.7 Å². The molecule has 0 unspecified atom stereocenters. The molecule has 2 heterocycles. The third-order valence-electron chi connectivity index (χ3n) is 2.78. The highest BCUT2D eigenvalue weighted by Gasteiger charge is 2.13. The van der Waals surface area contributed by atoms with E-state index in [1.165, 1.54) is 11.3 Å². The highest BCUT2D eigenvalue weighted by atomic mass is 79.9. The van der Waals surface area contributed by atoms with Crippen LogP contribution in [0.4, 0.5) is 0 Å². The van der Waals surface area contributed by atoms with Crippen LogP contribution in [0.1, 0.15) is 13.8 Å². The molecule has 0 atom stereocenters. The van der Waals surface area contributed by atoms with Gasteiger partial charge in [-0.05, 0) is 46.1 Å². The lowest BCUT2D eigenvalue weighted by molar-refractivity contribution is 0.271. The molecule has 22 heavy (non-hydrogen) atoms. The molecule has 7 heteroatoms. The van der Waals surface area contributed by atoms with Gasteiger partial charge in [-0.25, -0.2) is 4.98 Å². The Morgan fingerprint density at radius 3 is 2.64 bits per heavy atom. The number of nitrogens with zero attached hydrogens (tertiary/aromatic N) is 3. The van der Waals surface area contributed by atoms with Crippen molar-refractivity contribution in [3.8, 4) is 28.0 Å². The molecule has 0 aliphatic heterocycles. The van der Waals surface area contributed by atoms with E-state index in [4.69, 9.17) is 9.26 Å². The second-order valence-electron chi connectivity index (χ2n) is 5.13. The molecular formula is C15H14BrN3O2S. The van der Waals surface area contributed by atoms with Gasteiger partial charge in [0.05, 0.1) is 6.61 Å². The molecule has 0 spiro atoms. The Bertz CT molecular complexity index is 752. The maximum atomic E-state index is 5.66. The number of rotatable bonds is 5.